The molecule has 3 atom stereocenters. The molecule has 34 heavy (non-hydrogen) atoms. The Bertz CT molecular complexity index is 1000. The van der Waals surface area contributed by atoms with Gasteiger partial charge in [-0.15, -0.1) is 11.3 Å². The Hall–Kier alpha value is -2.56. The Balaban J connectivity index is 0.000000291. The summed E-state index contributed by atoms with van der Waals surface area (Å²) in [5.74, 6) is -0.757. The third-order valence-corrected chi connectivity index (χ3v) is 8.11. The fourth-order valence-corrected chi connectivity index (χ4v) is 6.12. The van der Waals surface area contributed by atoms with Gasteiger partial charge in [0.1, 0.15) is 18.7 Å². The molecule has 0 radical (unpaired) electrons. The van der Waals surface area contributed by atoms with E-state index in [0.717, 1.165) is 12.8 Å². The molecule has 2 aliphatic heterocycles. The zero-order valence-electron chi connectivity index (χ0n) is 18.7. The number of thiophene rings is 2. The number of hydrogen-bond acceptors (Lipinski definition) is 7. The summed E-state index contributed by atoms with van der Waals surface area (Å²) in [6.45, 7) is 0.615. The van der Waals surface area contributed by atoms with Crippen molar-refractivity contribution >= 4 is 46.2 Å². The lowest BCUT2D eigenvalue weighted by molar-refractivity contribution is -0.138. The standard InChI is InChI=1S/C19H24N2O4S.C5H4O2S/c22-14-11-25-15-7-8-21(17(14)15)19(24)13(10-12-4-1-2-5-12)20-18(23)16-6-3-9-26-16;6-5(7)4-1-2-8-3-4/h3,6,9,12-13,15,17H,1-2,4-5,7-8,10-11H2,(H,20,23);1-3H,(H,6,7). The average Bonchev–Trinajstić information content (AvgIpc) is 3.64. The van der Waals surface area contributed by atoms with E-state index in [2.05, 4.69) is 5.32 Å². The Morgan fingerprint density at radius 1 is 1.18 bits per heavy atom. The summed E-state index contributed by atoms with van der Waals surface area (Å²) in [5.41, 5.74) is 0.370. The molecule has 1 aliphatic carbocycles. The Morgan fingerprint density at radius 3 is 2.59 bits per heavy atom. The molecule has 2 amide bonds. The molecular formula is C24H28N2O6S2. The van der Waals surface area contributed by atoms with Crippen molar-refractivity contribution in [2.24, 2.45) is 5.92 Å². The molecule has 3 aliphatic rings. The Morgan fingerprint density at radius 2 is 1.97 bits per heavy atom. The van der Waals surface area contributed by atoms with Crippen LogP contribution in [0.2, 0.25) is 0 Å². The maximum absolute atomic E-state index is 13.2. The summed E-state index contributed by atoms with van der Waals surface area (Å²) < 4.78 is 5.49. The van der Waals surface area contributed by atoms with Gasteiger partial charge in [-0.2, -0.15) is 11.3 Å². The minimum atomic E-state index is -0.855. The van der Waals surface area contributed by atoms with Crippen molar-refractivity contribution in [1.82, 2.24) is 10.2 Å². The Kier molecular flexibility index (Phi) is 8.12. The van der Waals surface area contributed by atoms with Crippen molar-refractivity contribution in [3.63, 3.8) is 0 Å². The number of rotatable bonds is 6. The molecular weight excluding hydrogens is 476 g/mol. The lowest BCUT2D eigenvalue weighted by atomic mass is 9.97. The second-order valence-electron chi connectivity index (χ2n) is 8.79. The third-order valence-electron chi connectivity index (χ3n) is 6.56. The zero-order chi connectivity index (χ0) is 24.1. The highest BCUT2D eigenvalue weighted by molar-refractivity contribution is 7.12. The number of Topliss-reactive ketones (excluding diaryl/α,β-unsaturated/α-hetero) is 1. The number of carboxylic acids is 1. The number of nitrogens with one attached hydrogen (secondary N) is 1. The van der Waals surface area contributed by atoms with Gasteiger partial charge < -0.3 is 20.1 Å². The van der Waals surface area contributed by atoms with E-state index >= 15 is 0 Å². The average molecular weight is 505 g/mol. The number of likely N-dealkylation sites (tertiary alicyclic amines) is 1. The molecule has 10 heteroatoms. The third kappa shape index (κ3) is 5.73. The molecule has 3 unspecified atom stereocenters. The first kappa shape index (κ1) is 24.6. The van der Waals surface area contributed by atoms with Crippen molar-refractivity contribution in [3.8, 4) is 0 Å². The van der Waals surface area contributed by atoms with Crippen LogP contribution in [0.15, 0.2) is 34.3 Å². The lowest BCUT2D eigenvalue weighted by Crippen LogP contribution is -2.52. The molecule has 1 saturated carbocycles. The van der Waals surface area contributed by atoms with Gasteiger partial charge in [0.2, 0.25) is 5.91 Å². The van der Waals surface area contributed by atoms with Gasteiger partial charge in [0.25, 0.3) is 5.91 Å². The fraction of sp³-hybridized carbons (Fsp3) is 0.500. The van der Waals surface area contributed by atoms with E-state index in [1.54, 1.807) is 27.8 Å². The lowest BCUT2D eigenvalue weighted by Gasteiger charge is -2.28. The minimum Gasteiger partial charge on any atom is -0.478 e. The van der Waals surface area contributed by atoms with E-state index in [9.17, 15) is 19.2 Å². The highest BCUT2D eigenvalue weighted by atomic mass is 32.1. The smallest absolute Gasteiger partial charge is 0.336 e. The van der Waals surface area contributed by atoms with Crippen LogP contribution in [0.4, 0.5) is 0 Å². The van der Waals surface area contributed by atoms with Gasteiger partial charge in [0, 0.05) is 11.9 Å². The fourth-order valence-electron chi connectivity index (χ4n) is 4.87. The maximum Gasteiger partial charge on any atom is 0.336 e. The highest BCUT2D eigenvalue weighted by Crippen LogP contribution is 2.32. The van der Waals surface area contributed by atoms with Gasteiger partial charge in [-0.1, -0.05) is 31.7 Å². The number of ether oxygens (including phenoxy) is 1. The minimum absolute atomic E-state index is 0.0231. The van der Waals surface area contributed by atoms with E-state index in [-0.39, 0.29) is 30.3 Å². The van der Waals surface area contributed by atoms with E-state index in [1.165, 1.54) is 35.5 Å². The molecule has 8 nitrogen and oxygen atoms in total. The quantitative estimate of drug-likeness (QED) is 0.623. The summed E-state index contributed by atoms with van der Waals surface area (Å²) >= 11 is 2.75. The van der Waals surface area contributed by atoms with E-state index in [1.807, 2.05) is 11.4 Å². The van der Waals surface area contributed by atoms with E-state index in [4.69, 9.17) is 9.84 Å². The number of hydrogen-bond donors (Lipinski definition) is 2. The summed E-state index contributed by atoms with van der Waals surface area (Å²) in [6, 6.07) is 4.13. The highest BCUT2D eigenvalue weighted by Gasteiger charge is 2.48. The first-order valence-corrected chi connectivity index (χ1v) is 13.3. The van der Waals surface area contributed by atoms with Crippen LogP contribution >= 0.6 is 22.7 Å². The maximum atomic E-state index is 13.2. The van der Waals surface area contributed by atoms with Crippen LogP contribution in [0.1, 0.15) is 58.6 Å². The van der Waals surface area contributed by atoms with Crippen LogP contribution < -0.4 is 5.32 Å². The first-order valence-electron chi connectivity index (χ1n) is 11.5. The van der Waals surface area contributed by atoms with Gasteiger partial charge in [0.15, 0.2) is 5.78 Å². The topological polar surface area (TPSA) is 113 Å². The van der Waals surface area contributed by atoms with Crippen molar-refractivity contribution < 1.29 is 29.0 Å². The SMILES string of the molecule is O=C(NC(CC1CCCC1)C(=O)N1CCC2OCC(=O)C21)c1cccs1.O=C(O)c1ccsc1. The van der Waals surface area contributed by atoms with Gasteiger partial charge in [0.05, 0.1) is 16.5 Å². The van der Waals surface area contributed by atoms with Crippen LogP contribution in [0, 0.1) is 5.92 Å². The van der Waals surface area contributed by atoms with E-state index in [0.29, 0.717) is 35.7 Å². The molecule has 2 aromatic heterocycles. The molecule has 0 bridgehead atoms. The molecule has 3 fully saturated rings. The van der Waals surface area contributed by atoms with Crippen LogP contribution in [-0.2, 0) is 14.3 Å². The molecule has 4 heterocycles. The van der Waals surface area contributed by atoms with Crippen molar-refractivity contribution in [1.29, 1.82) is 0 Å². The first-order chi connectivity index (χ1) is 16.4. The van der Waals surface area contributed by atoms with Gasteiger partial charge in [-0.05, 0) is 41.7 Å². The second-order valence-corrected chi connectivity index (χ2v) is 10.5. The van der Waals surface area contributed by atoms with Crippen LogP contribution in [0.25, 0.3) is 0 Å². The van der Waals surface area contributed by atoms with Crippen molar-refractivity contribution in [2.45, 2.75) is 56.7 Å². The van der Waals surface area contributed by atoms with Crippen molar-refractivity contribution in [3.05, 3.63) is 44.8 Å². The summed E-state index contributed by atoms with van der Waals surface area (Å²) in [6.07, 6.45) is 5.75. The predicted octanol–water partition coefficient (Wildman–Crippen LogP) is 3.44. The molecule has 2 N–H and O–H groups in total. The van der Waals surface area contributed by atoms with Crippen LogP contribution in [0.5, 0.6) is 0 Å². The number of carbonyl (C=O) groups is 4. The summed E-state index contributed by atoms with van der Waals surface area (Å²) in [5, 5.41) is 16.4. The number of amides is 2. The van der Waals surface area contributed by atoms with Crippen molar-refractivity contribution in [2.75, 3.05) is 13.2 Å². The molecule has 0 spiro atoms. The molecule has 2 aromatic rings. The zero-order valence-corrected chi connectivity index (χ0v) is 20.3. The molecule has 2 saturated heterocycles. The van der Waals surface area contributed by atoms with Crippen LogP contribution in [-0.4, -0.2) is 64.9 Å². The normalized spacial score (nSPS) is 22.7. The Labute approximate surface area is 205 Å². The number of carboxylic acid groups (broad SMARTS) is 1. The van der Waals surface area contributed by atoms with E-state index < -0.39 is 18.1 Å². The monoisotopic (exact) mass is 504 g/mol. The molecule has 0 aromatic carbocycles. The molecule has 182 valence electrons. The van der Waals surface area contributed by atoms with Gasteiger partial charge in [-0.25, -0.2) is 4.79 Å². The number of aromatic carboxylic acids is 1. The largest absolute Gasteiger partial charge is 0.478 e. The van der Waals surface area contributed by atoms with Gasteiger partial charge >= 0.3 is 5.97 Å². The van der Waals surface area contributed by atoms with Gasteiger partial charge in [-0.3, -0.25) is 14.4 Å². The number of ketones is 1. The number of fused-ring (bicyclic) bond motifs is 1. The predicted molar refractivity (Wildman–Crippen MR) is 128 cm³/mol. The summed E-state index contributed by atoms with van der Waals surface area (Å²) in [4.78, 5) is 50.2. The summed E-state index contributed by atoms with van der Waals surface area (Å²) in [7, 11) is 0. The number of nitrogens with zero attached hydrogens (tertiary/aromatic N) is 1. The van der Waals surface area contributed by atoms with Crippen LogP contribution in [0.3, 0.4) is 0 Å². The second kappa shape index (κ2) is 11.2. The number of carbonyl (C=O) groups excluding carboxylic acids is 3. The molecule has 5 rings (SSSR count).